The Morgan fingerprint density at radius 2 is 0.734 bits per heavy atom. The zero-order valence-corrected chi connectivity index (χ0v) is 82.0. The van der Waals surface area contributed by atoms with Gasteiger partial charge < -0.3 is 35.6 Å². The molecule has 0 aliphatic heterocycles. The lowest BCUT2D eigenvalue weighted by Crippen LogP contribution is -2.11. The third-order valence-corrected chi connectivity index (χ3v) is 24.0. The third-order valence-electron chi connectivity index (χ3n) is 23.7. The first-order valence-corrected chi connectivity index (χ1v) is 46.9. The number of carbonyl (C=O) groups excluding carboxylic acids is 6. The summed E-state index contributed by atoms with van der Waals surface area (Å²) in [4.78, 5) is 110. The van der Waals surface area contributed by atoms with Crippen molar-refractivity contribution < 1.29 is 77.2 Å². The maximum Gasteiger partial charge on any atom is 0.274 e. The van der Waals surface area contributed by atoms with Gasteiger partial charge in [0.1, 0.15) is 90.8 Å². The lowest BCUT2D eigenvalue weighted by atomic mass is 10.0. The van der Waals surface area contributed by atoms with E-state index in [1.807, 2.05) is 182 Å². The first-order valence-electron chi connectivity index (χ1n) is 46.5. The molecule has 143 heavy (non-hydrogen) atoms. The molecule has 0 saturated heterocycles. The first kappa shape index (κ1) is 101. The van der Waals surface area contributed by atoms with E-state index in [0.717, 1.165) is 66.9 Å². The van der Waals surface area contributed by atoms with Gasteiger partial charge in [-0.3, -0.25) is 43.7 Å². The predicted octanol–water partition coefficient (Wildman–Crippen LogP) is 26.1. The van der Waals surface area contributed by atoms with Gasteiger partial charge in [0.25, 0.3) is 5.89 Å². The SMILES string of the molecule is CC(C)C(=O)Cc1ccc2nc(-c3ccccn3)oc2c1.CC(C)C(=O)Cc1ccc2nc(-c3ccccn3)oc2c1.CC(C)C(=O)Cc1ccc2nc(-c3cn(C)c4cc(Cl)ccc34)oc2c1F.CC(C)C(=O)Cc1ccc2nc(-c3cn(C)c4cc(F)ccc34)oc2c1F.CC(C)C(=O)Cc1ccc2nc(-c3cncc(F)c3)oc2c1.Cc1ccccc1C#Cc1nc2ccc(CC(=O)C(C)C)c(F)c2o1. The van der Waals surface area contributed by atoms with Crippen LogP contribution in [0, 0.1) is 83.4 Å². The number of pyridine rings is 3. The molecule has 0 amide bonds. The fourth-order valence-corrected chi connectivity index (χ4v) is 15.2. The van der Waals surface area contributed by atoms with E-state index >= 15 is 0 Å². The number of aryl methyl sites for hydroxylation is 3. The maximum atomic E-state index is 14.9. The van der Waals surface area contributed by atoms with Gasteiger partial charge in [-0.05, 0) is 173 Å². The zero-order chi connectivity index (χ0) is 102. The summed E-state index contributed by atoms with van der Waals surface area (Å²) in [6.07, 6.45) is 11.0. The molecule has 20 aromatic rings. The fraction of sp³-hybridized carbons (Fsp3) is 0.237. The smallest absolute Gasteiger partial charge is 0.274 e. The van der Waals surface area contributed by atoms with Crippen molar-refractivity contribution in [1.29, 1.82) is 0 Å². The molecule has 0 aliphatic carbocycles. The topological polar surface area (TPSA) is 307 Å². The van der Waals surface area contributed by atoms with E-state index in [0.29, 0.717) is 131 Å². The van der Waals surface area contributed by atoms with Crippen LogP contribution in [0.3, 0.4) is 0 Å². The molecule has 11 heterocycles. The average Bonchev–Trinajstić information content (AvgIpc) is 1.61. The number of benzene rings is 9. The number of Topliss-reactive ketones (excluding diaryl/α,β-unsaturated/α-hetero) is 6. The normalized spacial score (nSPS) is 11.3. The van der Waals surface area contributed by atoms with Crippen molar-refractivity contribution in [2.45, 2.75) is 129 Å². The van der Waals surface area contributed by atoms with E-state index in [9.17, 15) is 50.7 Å². The zero-order valence-electron chi connectivity index (χ0n) is 81.2. The molecule has 0 N–H and O–H groups in total. The highest BCUT2D eigenvalue weighted by molar-refractivity contribution is 6.31. The number of aromatic nitrogens is 11. The molecule has 0 fully saturated rings. The molecule has 23 nitrogen and oxygen atoms in total. The number of oxazole rings is 6. The minimum atomic E-state index is -0.563. The van der Waals surface area contributed by atoms with Crippen molar-refractivity contribution in [2.75, 3.05) is 0 Å². The molecule has 0 aliphatic rings. The highest BCUT2D eigenvalue weighted by Crippen LogP contribution is 2.39. The molecule has 0 bridgehead atoms. The number of rotatable bonds is 23. The maximum absolute atomic E-state index is 14.9. The molecule has 726 valence electrons. The number of nitrogens with zero attached hydrogens (tertiary/aromatic N) is 11. The molecule has 0 unspecified atom stereocenters. The molecule has 11 aromatic heterocycles. The van der Waals surface area contributed by atoms with Gasteiger partial charge in [-0.15, -0.1) is 0 Å². The summed E-state index contributed by atoms with van der Waals surface area (Å²) in [5.41, 5.74) is 16.1. The van der Waals surface area contributed by atoms with Crippen LogP contribution in [0.15, 0.2) is 258 Å². The van der Waals surface area contributed by atoms with E-state index in [2.05, 4.69) is 56.7 Å². The number of ketones is 6. The lowest BCUT2D eigenvalue weighted by Gasteiger charge is -2.05. The van der Waals surface area contributed by atoms with Crippen molar-refractivity contribution in [3.8, 4) is 69.4 Å². The standard InChI is InChI=1S/C21H18ClFN2O2.C21H18F2N2O2.C21H18FNO2.C17H15FN2O2.2C17H16N2O2/c2*1-11(2)18(26)8-12-4-7-16-20(19(12)23)27-21(24-16)15-10-25(3)17-9-13(22)5-6-14(15)17;1-13(2)18(24)12-16-8-10-17-21(20(16)22)25-19(23-17)11-9-15-7-5-4-6-14(15)3;1-10(2)15(21)5-11-3-4-14-16(6-11)22-17(20-14)12-7-13(18)9-19-8-12;2*1-11(2)15(20)9-12-6-7-13-16(10-12)21-17(19-13)14-5-3-4-8-18-14/h2*4-7,9-11H,8H2,1-3H3;4-8,10,13H,12H2,1-3H3;3-4,6-10H,5H2,1-2H3;2*3-8,10-11H,9H2,1-2H3. The molecule has 9 aromatic carbocycles. The highest BCUT2D eigenvalue weighted by Gasteiger charge is 2.26. The lowest BCUT2D eigenvalue weighted by molar-refractivity contribution is -0.122. The van der Waals surface area contributed by atoms with Crippen molar-refractivity contribution in [1.82, 2.24) is 54.0 Å². The fourth-order valence-electron chi connectivity index (χ4n) is 15.1. The highest BCUT2D eigenvalue weighted by atomic mass is 35.5. The summed E-state index contributed by atoms with van der Waals surface area (Å²) >= 11 is 6.08. The molecule has 0 saturated carbocycles. The van der Waals surface area contributed by atoms with Crippen LogP contribution in [-0.4, -0.2) is 88.7 Å². The molecule has 20 rings (SSSR count). The number of hydrogen-bond acceptors (Lipinski definition) is 21. The minimum Gasteiger partial charge on any atom is -0.436 e. The molecule has 0 atom stereocenters. The van der Waals surface area contributed by atoms with Gasteiger partial charge in [-0.25, -0.2) is 51.9 Å². The summed E-state index contributed by atoms with van der Waals surface area (Å²) in [5, 5.41) is 2.32. The van der Waals surface area contributed by atoms with Gasteiger partial charge in [0, 0.05) is 140 Å². The Balaban J connectivity index is 0.000000130. The second-order valence-corrected chi connectivity index (χ2v) is 36.9. The molecular weight excluding hydrogens is 1850 g/mol. The first-order chi connectivity index (χ1) is 68.4. The van der Waals surface area contributed by atoms with Crippen LogP contribution >= 0.6 is 11.6 Å². The second kappa shape index (κ2) is 44.5. The Hall–Kier alpha value is -16.2. The van der Waals surface area contributed by atoms with E-state index in [1.54, 1.807) is 132 Å². The molecule has 0 radical (unpaired) electrons. The summed E-state index contributed by atoms with van der Waals surface area (Å²) in [5.74, 6) is 5.66. The van der Waals surface area contributed by atoms with Crippen molar-refractivity contribution in [3.63, 3.8) is 0 Å². The largest absolute Gasteiger partial charge is 0.436 e. The summed E-state index contributed by atoms with van der Waals surface area (Å²) in [7, 11) is 3.70. The van der Waals surface area contributed by atoms with Gasteiger partial charge in [0.05, 0.1) is 33.9 Å². The quantitative estimate of drug-likeness (QED) is 0.0424. The molecule has 0 spiro atoms. The van der Waals surface area contributed by atoms with Gasteiger partial charge >= 0.3 is 0 Å². The van der Waals surface area contributed by atoms with Crippen molar-refractivity contribution in [2.24, 2.45) is 49.6 Å². The number of fused-ring (bicyclic) bond motifs is 8. The average molecular weight is 1950 g/mol. The van der Waals surface area contributed by atoms with Crippen LogP contribution in [-0.2, 0) is 81.4 Å². The molecular formula is C114H101ClF5N11O12. The van der Waals surface area contributed by atoms with Crippen LogP contribution in [0.5, 0.6) is 0 Å². The third kappa shape index (κ3) is 24.3. The Morgan fingerprint density at radius 1 is 0.357 bits per heavy atom. The second-order valence-electron chi connectivity index (χ2n) is 36.5. The van der Waals surface area contributed by atoms with Crippen LogP contribution in [0.4, 0.5) is 22.0 Å². The minimum absolute atomic E-state index is 0.000600. The van der Waals surface area contributed by atoms with E-state index in [-0.39, 0.29) is 124 Å². The number of hydrogen-bond donors (Lipinski definition) is 0. The van der Waals surface area contributed by atoms with Crippen LogP contribution < -0.4 is 0 Å². The monoisotopic (exact) mass is 1950 g/mol. The Bertz CT molecular complexity index is 7910. The van der Waals surface area contributed by atoms with Crippen molar-refractivity contribution in [3.05, 3.63) is 316 Å². The van der Waals surface area contributed by atoms with Gasteiger partial charge in [0.2, 0.25) is 29.5 Å². The number of carbonyl (C=O) groups is 6. The Morgan fingerprint density at radius 3 is 1.15 bits per heavy atom. The summed E-state index contributed by atoms with van der Waals surface area (Å²) in [6, 6.07) is 56.8. The van der Waals surface area contributed by atoms with E-state index < -0.39 is 23.3 Å². The van der Waals surface area contributed by atoms with E-state index in [4.69, 9.17) is 38.1 Å². The van der Waals surface area contributed by atoms with Gasteiger partial charge in [-0.2, -0.15) is 0 Å². The van der Waals surface area contributed by atoms with Gasteiger partial charge in [0.15, 0.2) is 50.9 Å². The predicted molar refractivity (Wildman–Crippen MR) is 541 cm³/mol. The van der Waals surface area contributed by atoms with Crippen LogP contribution in [0.1, 0.15) is 133 Å². The summed E-state index contributed by atoms with van der Waals surface area (Å²) in [6.45, 7) is 24.1. The van der Waals surface area contributed by atoms with Gasteiger partial charge in [-0.1, -0.05) is 173 Å². The summed E-state index contributed by atoms with van der Waals surface area (Å²) < 4.78 is 109. The van der Waals surface area contributed by atoms with Crippen LogP contribution in [0.2, 0.25) is 5.02 Å². The Kier molecular flexibility index (Phi) is 31.5. The Labute approximate surface area is 824 Å². The van der Waals surface area contributed by atoms with Crippen LogP contribution in [0.25, 0.3) is 146 Å². The molecule has 29 heteroatoms. The number of halogens is 6. The van der Waals surface area contributed by atoms with Crippen molar-refractivity contribution >= 4 is 135 Å². The van der Waals surface area contributed by atoms with E-state index in [1.165, 1.54) is 24.4 Å².